The van der Waals surface area contributed by atoms with Crippen LogP contribution in [0.1, 0.15) is 69.1 Å². The van der Waals surface area contributed by atoms with Gasteiger partial charge in [0.25, 0.3) is 11.8 Å². The number of hydrogen-bond acceptors (Lipinski definition) is 14. The van der Waals surface area contributed by atoms with Crippen LogP contribution in [0.25, 0.3) is 32.8 Å². The summed E-state index contributed by atoms with van der Waals surface area (Å²) in [6, 6.07) is 16.8. The summed E-state index contributed by atoms with van der Waals surface area (Å²) < 4.78 is 32.2. The fraction of sp³-hybridized carbons (Fsp3) is 0.432. The van der Waals surface area contributed by atoms with Gasteiger partial charge in [-0.3, -0.25) is 18.7 Å². The van der Waals surface area contributed by atoms with Gasteiger partial charge in [0.15, 0.2) is 53.6 Å². The molecule has 2 amide bonds. The first-order valence-corrected chi connectivity index (χ1v) is 25.1. The molecular weight excluding hydrogens is 893 g/mol. The van der Waals surface area contributed by atoms with Crippen molar-refractivity contribution >= 4 is 71.4 Å². The lowest BCUT2D eigenvalue weighted by molar-refractivity contribution is -0.0285. The van der Waals surface area contributed by atoms with E-state index in [1.807, 2.05) is 16.7 Å². The molecule has 0 spiro atoms. The topological polar surface area (TPSA) is 258 Å². The number of carbonyl (C=O) groups is 2. The lowest BCUT2D eigenvalue weighted by Crippen LogP contribution is -2.56. The molecule has 0 saturated carbocycles. The molecular formula is C44H54N16O5SSi. The van der Waals surface area contributed by atoms with Gasteiger partial charge in [0.2, 0.25) is 0 Å². The number of likely N-dealkylation sites (N-methyl/N-ethyl adjacent to an activating group) is 1. The van der Waals surface area contributed by atoms with E-state index in [1.165, 1.54) is 12.7 Å². The van der Waals surface area contributed by atoms with Crippen LogP contribution in [0.5, 0.6) is 0 Å². The van der Waals surface area contributed by atoms with E-state index in [2.05, 4.69) is 107 Å². The van der Waals surface area contributed by atoms with Crippen molar-refractivity contribution in [2.24, 2.45) is 11.0 Å². The summed E-state index contributed by atoms with van der Waals surface area (Å²) >= 11 is 6.01. The first kappa shape index (κ1) is 45.7. The molecule has 67 heavy (non-hydrogen) atoms. The summed E-state index contributed by atoms with van der Waals surface area (Å²) in [5.41, 5.74) is 12.0. The summed E-state index contributed by atoms with van der Waals surface area (Å²) in [7, 11) is -2.56. The van der Waals surface area contributed by atoms with Gasteiger partial charge in [-0.05, 0) is 66.7 Å². The maximum absolute atomic E-state index is 13.2. The van der Waals surface area contributed by atoms with E-state index in [0.717, 1.165) is 0 Å². The highest BCUT2D eigenvalue weighted by Crippen LogP contribution is 2.43. The van der Waals surface area contributed by atoms with Gasteiger partial charge in [-0.15, -0.1) is 0 Å². The van der Waals surface area contributed by atoms with Crippen molar-refractivity contribution in [2.75, 3.05) is 30.3 Å². The number of azide groups is 1. The largest absolute Gasteiger partial charge is 0.407 e. The third-order valence-electron chi connectivity index (χ3n) is 12.6. The first-order valence-electron chi connectivity index (χ1n) is 22.5. The number of thiocarbonyl (C=S) groups is 1. The fourth-order valence-electron chi connectivity index (χ4n) is 8.13. The van der Waals surface area contributed by atoms with Crippen molar-refractivity contribution in [1.82, 2.24) is 55.0 Å². The van der Waals surface area contributed by atoms with Crippen LogP contribution in [0.4, 0.5) is 11.6 Å². The van der Waals surface area contributed by atoms with Gasteiger partial charge >= 0.3 is 0 Å². The predicted molar refractivity (Wildman–Crippen MR) is 257 cm³/mol. The lowest BCUT2D eigenvalue weighted by Gasteiger charge is -2.41. The number of ether oxygens (including phenoxy) is 2. The summed E-state index contributed by atoms with van der Waals surface area (Å²) in [4.78, 5) is 56.3. The van der Waals surface area contributed by atoms with Gasteiger partial charge in [0, 0.05) is 35.9 Å². The molecule has 21 nitrogen and oxygen atoms in total. The van der Waals surface area contributed by atoms with Crippen LogP contribution >= 0.6 is 12.2 Å². The van der Waals surface area contributed by atoms with E-state index in [-0.39, 0.29) is 65.5 Å². The van der Waals surface area contributed by atoms with Crippen LogP contribution in [-0.2, 0) is 13.9 Å². The minimum Gasteiger partial charge on any atom is -0.407 e. The highest BCUT2D eigenvalue weighted by molar-refractivity contribution is 7.80. The maximum Gasteiger partial charge on any atom is 0.256 e. The molecule has 8 rings (SSSR count). The van der Waals surface area contributed by atoms with E-state index in [4.69, 9.17) is 27.5 Å². The van der Waals surface area contributed by atoms with Crippen molar-refractivity contribution in [3.63, 3.8) is 0 Å². The predicted octanol–water partition coefficient (Wildman–Crippen LogP) is 6.11. The number of fused-ring (bicyclic) bond motifs is 2. The van der Waals surface area contributed by atoms with Crippen molar-refractivity contribution in [1.29, 1.82) is 0 Å². The second-order valence-corrected chi connectivity index (χ2v) is 23.0. The standard InChI is InChI=1S/C44H54N16O5SSi/c1-8-46-30-25(2)41(59-23-52-32-35(48-21-50-37(32)59)56-39(61)26-15-11-9-12-16-26)63-28(30)19-47-43(66)55-31-29(20-54-58-45)64-42(34(31)65-67(6,7)44(3,4)5)60-24-53-33-36(49-22-51-38(33)60)57-40(62)27-17-13-10-14-18-27/h9-18,21-25,28-31,34,41-42,46H,8,19-20H2,1-7H3,(H2,47,55,66)(H,48,50,56,61)(H,49,51,57,62)/t25-,28-,29-,30+,31-,34-,41-,42-/m1/s1/i1T. The number of nitrogens with one attached hydrogen (secondary N) is 5. The molecule has 2 aliphatic heterocycles. The molecule has 23 heteroatoms. The number of hydrogen-bond donors (Lipinski definition) is 5. The minimum atomic E-state index is -2.56. The zero-order chi connectivity index (χ0) is 48.2. The molecule has 4 aromatic heterocycles. The minimum absolute atomic E-state index is 0.0469. The van der Waals surface area contributed by atoms with Crippen molar-refractivity contribution in [3.05, 3.63) is 108 Å². The average molecular weight is 949 g/mol. The van der Waals surface area contributed by atoms with Crippen LogP contribution < -0.4 is 26.6 Å². The zero-order valence-corrected chi connectivity index (χ0v) is 39.7. The molecule has 0 unspecified atom stereocenters. The Morgan fingerprint density at radius 3 is 1.94 bits per heavy atom. The van der Waals surface area contributed by atoms with Gasteiger partial charge in [-0.1, -0.05) is 76.1 Å². The van der Waals surface area contributed by atoms with Crippen molar-refractivity contribution in [3.8, 4) is 0 Å². The number of rotatable bonds is 15. The summed E-state index contributed by atoms with van der Waals surface area (Å²) in [5, 5.41) is 20.0. The molecule has 5 N–H and O–H groups in total. The molecule has 0 aliphatic carbocycles. The monoisotopic (exact) mass is 948 g/mol. The van der Waals surface area contributed by atoms with E-state index in [1.54, 1.807) is 65.8 Å². The lowest BCUT2D eigenvalue weighted by atomic mass is 9.98. The van der Waals surface area contributed by atoms with E-state index < -0.39 is 45.1 Å². The molecule has 0 radical (unpaired) electrons. The normalized spacial score (nSPS) is 23.1. The van der Waals surface area contributed by atoms with Gasteiger partial charge in [0.05, 0.1) is 37.4 Å². The highest BCUT2D eigenvalue weighted by Gasteiger charge is 2.52. The van der Waals surface area contributed by atoms with E-state index >= 15 is 0 Å². The molecule has 350 valence electrons. The summed E-state index contributed by atoms with van der Waals surface area (Å²) in [6.07, 6.45) is 2.68. The van der Waals surface area contributed by atoms with Gasteiger partial charge < -0.3 is 40.5 Å². The number of imidazole rings is 2. The van der Waals surface area contributed by atoms with E-state index in [0.29, 0.717) is 40.0 Å². The molecule has 2 aliphatic rings. The van der Waals surface area contributed by atoms with Crippen LogP contribution in [0, 0.1) is 5.92 Å². The smallest absolute Gasteiger partial charge is 0.256 e. The van der Waals surface area contributed by atoms with Crippen LogP contribution in [0.2, 0.25) is 18.1 Å². The molecule has 6 aromatic rings. The Morgan fingerprint density at radius 2 is 1.40 bits per heavy atom. The second-order valence-electron chi connectivity index (χ2n) is 17.8. The van der Waals surface area contributed by atoms with Gasteiger partial charge in [-0.25, -0.2) is 29.9 Å². The number of anilines is 2. The Bertz CT molecular complexity index is 2810. The van der Waals surface area contributed by atoms with Gasteiger partial charge in [-0.2, -0.15) is 0 Å². The quantitative estimate of drug-likeness (QED) is 0.0256. The number of aromatic nitrogens is 8. The SMILES string of the molecule is [3H]CCN[C@H]1[C@@H](C)[C@H](n2cnc3c(NC(=O)c4ccccc4)ncnc32)O[C@@H]1CNC(=S)N[C@H]1[C@@H](O[Si](C)(C)C(C)(C)C)[C@H](n2cnc3c(NC(=O)c4ccccc4)ncnc32)O[C@@H]1CN=[N+]=[N-]. The van der Waals surface area contributed by atoms with Crippen molar-refractivity contribution in [2.45, 2.75) is 95.6 Å². The highest BCUT2D eigenvalue weighted by atomic mass is 32.1. The average Bonchev–Trinajstić information content (AvgIpc) is 4.11. The van der Waals surface area contributed by atoms with Crippen LogP contribution in [0.15, 0.2) is 91.1 Å². The zero-order valence-electron chi connectivity index (χ0n) is 38.9. The molecule has 2 saturated heterocycles. The van der Waals surface area contributed by atoms with Crippen LogP contribution in [-0.4, -0.2) is 114 Å². The number of amides is 2. The van der Waals surface area contributed by atoms with Crippen LogP contribution in [0.3, 0.4) is 0 Å². The molecule has 0 bridgehead atoms. The number of carbonyl (C=O) groups excluding carboxylic acids is 2. The molecule has 8 atom stereocenters. The molecule has 6 heterocycles. The Labute approximate surface area is 394 Å². The number of benzene rings is 2. The first-order chi connectivity index (χ1) is 32.7. The molecule has 2 aromatic carbocycles. The second kappa shape index (κ2) is 19.8. The number of nitrogens with zero attached hydrogens (tertiary/aromatic N) is 11. The third kappa shape index (κ3) is 9.84. The Balaban J connectivity index is 1.03. The third-order valence-corrected chi connectivity index (χ3v) is 17.3. The summed E-state index contributed by atoms with van der Waals surface area (Å²) in [6.45, 7) is 13.5. The Morgan fingerprint density at radius 1 is 0.851 bits per heavy atom. The maximum atomic E-state index is 13.2. The van der Waals surface area contributed by atoms with E-state index in [9.17, 15) is 15.1 Å². The molecule has 2 fully saturated rings. The Kier molecular flexibility index (Phi) is 13.5. The summed E-state index contributed by atoms with van der Waals surface area (Å²) in [5.74, 6) is -0.322. The Hall–Kier alpha value is -6.46. The van der Waals surface area contributed by atoms with Gasteiger partial charge in [0.1, 0.15) is 25.0 Å². The fourth-order valence-corrected chi connectivity index (χ4v) is 9.64. The van der Waals surface area contributed by atoms with Crippen molar-refractivity contribution < 1.29 is 24.9 Å².